The summed E-state index contributed by atoms with van der Waals surface area (Å²) in [4.78, 5) is 37.4. The van der Waals surface area contributed by atoms with Crippen molar-refractivity contribution in [2.24, 2.45) is 16.7 Å². The van der Waals surface area contributed by atoms with Gasteiger partial charge in [0.15, 0.2) is 5.78 Å². The Morgan fingerprint density at radius 2 is 1.03 bits per heavy atom. The van der Waals surface area contributed by atoms with E-state index in [4.69, 9.17) is 9.47 Å². The molecule has 5 nitrogen and oxygen atoms in total. The maximum Gasteiger partial charge on any atom is 0.316 e. The smallest absolute Gasteiger partial charge is 0.316 e. The van der Waals surface area contributed by atoms with Crippen molar-refractivity contribution in [2.75, 3.05) is 0 Å². The zero-order chi connectivity index (χ0) is 26.7. The van der Waals surface area contributed by atoms with Gasteiger partial charge in [-0.25, -0.2) is 0 Å². The Bertz CT molecular complexity index is 1090. The number of esters is 2. The van der Waals surface area contributed by atoms with Gasteiger partial charge in [0.2, 0.25) is 0 Å². The van der Waals surface area contributed by atoms with Crippen LogP contribution in [0, 0.1) is 16.7 Å². The zero-order valence-electron chi connectivity index (χ0n) is 22.3. The van der Waals surface area contributed by atoms with Gasteiger partial charge >= 0.3 is 11.9 Å². The van der Waals surface area contributed by atoms with E-state index in [1.54, 1.807) is 24.3 Å². The van der Waals surface area contributed by atoms with E-state index in [-0.39, 0.29) is 17.7 Å². The van der Waals surface area contributed by atoms with Crippen molar-refractivity contribution in [1.29, 1.82) is 0 Å². The minimum absolute atomic E-state index is 0.0413. The Hall–Kier alpha value is -3.47. The summed E-state index contributed by atoms with van der Waals surface area (Å²) in [6, 6.07) is 14.4. The van der Waals surface area contributed by atoms with E-state index in [0.717, 1.165) is 22.3 Å². The lowest BCUT2D eigenvalue weighted by Gasteiger charge is -2.23. The molecule has 1 saturated carbocycles. The average molecular weight is 489 g/mol. The number of ketones is 1. The summed E-state index contributed by atoms with van der Waals surface area (Å²) in [6.45, 7) is 13.0. The molecule has 0 amide bonds. The summed E-state index contributed by atoms with van der Waals surface area (Å²) in [5.74, 6) is 0.758. The van der Waals surface area contributed by atoms with Gasteiger partial charge in [-0.3, -0.25) is 14.4 Å². The number of carbonyl (C=O) groups excluding carboxylic acids is 3. The molecule has 3 rings (SSSR count). The number of benzene rings is 2. The van der Waals surface area contributed by atoms with Crippen LogP contribution < -0.4 is 9.47 Å². The summed E-state index contributed by atoms with van der Waals surface area (Å²) in [7, 11) is 0. The lowest BCUT2D eigenvalue weighted by molar-refractivity contribution is -0.143. The molecule has 0 unspecified atom stereocenters. The van der Waals surface area contributed by atoms with E-state index >= 15 is 0 Å². The van der Waals surface area contributed by atoms with Gasteiger partial charge in [-0.2, -0.15) is 0 Å². The number of Topliss-reactive ketones (excluding diaryl/α,β-unsaturated/α-hetero) is 1. The van der Waals surface area contributed by atoms with Crippen molar-refractivity contribution in [2.45, 2.75) is 61.3 Å². The van der Waals surface area contributed by atoms with E-state index in [9.17, 15) is 14.4 Å². The molecule has 190 valence electrons. The van der Waals surface area contributed by atoms with Gasteiger partial charge < -0.3 is 9.47 Å². The Morgan fingerprint density at radius 1 is 0.694 bits per heavy atom. The highest BCUT2D eigenvalue weighted by atomic mass is 16.5. The maximum absolute atomic E-state index is 13.3. The highest BCUT2D eigenvalue weighted by Crippen LogP contribution is 2.33. The number of allylic oxidation sites excluding steroid dienone is 2. The largest absolute Gasteiger partial charge is 0.426 e. The van der Waals surface area contributed by atoms with Crippen molar-refractivity contribution in [3.63, 3.8) is 0 Å². The van der Waals surface area contributed by atoms with Gasteiger partial charge in [0.25, 0.3) is 0 Å². The van der Waals surface area contributed by atoms with Crippen LogP contribution in [0.3, 0.4) is 0 Å². The van der Waals surface area contributed by atoms with Gasteiger partial charge in [-0.1, -0.05) is 31.2 Å². The standard InChI is InChI=1S/C31H36O5/c1-20-16-23(18-21-8-12-25(13-9-21)35-28(33)30(2,3)4)27(32)24(17-20)19-22-10-14-26(15-11-22)36-29(34)31(5,6)7/h8-15,18-20H,16-17H2,1-7H3/b23-18-,24-19-. The molecule has 2 aromatic rings. The summed E-state index contributed by atoms with van der Waals surface area (Å²) in [6.07, 6.45) is 5.24. The number of hydrogen-bond donors (Lipinski definition) is 0. The second-order valence-electron chi connectivity index (χ2n) is 11.6. The van der Waals surface area contributed by atoms with Gasteiger partial charge in [-0.05, 0) is 108 Å². The fourth-order valence-corrected chi connectivity index (χ4v) is 3.65. The van der Waals surface area contributed by atoms with Gasteiger partial charge in [-0.15, -0.1) is 0 Å². The quantitative estimate of drug-likeness (QED) is 0.262. The first kappa shape index (κ1) is 27.1. The van der Waals surface area contributed by atoms with E-state index in [1.807, 2.05) is 78.0 Å². The van der Waals surface area contributed by atoms with Crippen LogP contribution in [0.4, 0.5) is 0 Å². The van der Waals surface area contributed by atoms with E-state index in [0.29, 0.717) is 30.3 Å². The van der Waals surface area contributed by atoms with Crippen LogP contribution in [0.25, 0.3) is 12.2 Å². The number of rotatable bonds is 4. The van der Waals surface area contributed by atoms with Crippen LogP contribution in [0.2, 0.25) is 0 Å². The molecule has 0 saturated heterocycles. The van der Waals surface area contributed by atoms with E-state index in [1.165, 1.54) is 0 Å². The van der Waals surface area contributed by atoms with E-state index in [2.05, 4.69) is 6.92 Å². The third kappa shape index (κ3) is 7.27. The number of hydrogen-bond acceptors (Lipinski definition) is 5. The molecule has 0 radical (unpaired) electrons. The summed E-state index contributed by atoms with van der Waals surface area (Å²) >= 11 is 0. The van der Waals surface area contributed by atoms with Gasteiger partial charge in [0.1, 0.15) is 11.5 Å². The summed E-state index contributed by atoms with van der Waals surface area (Å²) < 4.78 is 10.9. The fourth-order valence-electron chi connectivity index (χ4n) is 3.65. The van der Waals surface area contributed by atoms with Crippen LogP contribution >= 0.6 is 0 Å². The number of carbonyl (C=O) groups is 3. The third-order valence-electron chi connectivity index (χ3n) is 5.81. The molecule has 0 aromatic heterocycles. The molecule has 5 heteroatoms. The molecular formula is C31H36O5. The fraction of sp³-hybridized carbons (Fsp3) is 0.387. The monoisotopic (exact) mass is 488 g/mol. The van der Waals surface area contributed by atoms with Crippen molar-refractivity contribution in [1.82, 2.24) is 0 Å². The Kier molecular flexibility index (Phi) is 8.02. The highest BCUT2D eigenvalue weighted by molar-refractivity contribution is 6.14. The second kappa shape index (κ2) is 10.7. The first-order valence-corrected chi connectivity index (χ1v) is 12.3. The number of ether oxygens (including phenoxy) is 2. The Morgan fingerprint density at radius 3 is 1.33 bits per heavy atom. The molecule has 0 N–H and O–H groups in total. The minimum atomic E-state index is -0.578. The molecule has 0 atom stereocenters. The molecule has 0 spiro atoms. The first-order valence-electron chi connectivity index (χ1n) is 12.3. The van der Waals surface area contributed by atoms with Crippen molar-refractivity contribution < 1.29 is 23.9 Å². The topological polar surface area (TPSA) is 69.7 Å². The molecule has 1 aliphatic carbocycles. The molecule has 0 bridgehead atoms. The van der Waals surface area contributed by atoms with Crippen molar-refractivity contribution in [3.05, 3.63) is 70.8 Å². The molecule has 1 aliphatic rings. The van der Waals surface area contributed by atoms with Crippen LogP contribution in [-0.4, -0.2) is 17.7 Å². The van der Waals surface area contributed by atoms with Crippen molar-refractivity contribution in [3.8, 4) is 11.5 Å². The highest BCUT2D eigenvalue weighted by Gasteiger charge is 2.26. The molecule has 1 fully saturated rings. The zero-order valence-corrected chi connectivity index (χ0v) is 22.3. The molecule has 0 aliphatic heterocycles. The predicted molar refractivity (Wildman–Crippen MR) is 142 cm³/mol. The van der Waals surface area contributed by atoms with Gasteiger partial charge in [0.05, 0.1) is 10.8 Å². The Balaban J connectivity index is 1.75. The molecular weight excluding hydrogens is 452 g/mol. The third-order valence-corrected chi connectivity index (χ3v) is 5.81. The molecule has 0 heterocycles. The Labute approximate surface area is 214 Å². The molecule has 2 aromatic carbocycles. The molecule has 36 heavy (non-hydrogen) atoms. The predicted octanol–water partition coefficient (Wildman–Crippen LogP) is 7.06. The van der Waals surface area contributed by atoms with Crippen molar-refractivity contribution >= 4 is 29.9 Å². The normalized spacial score (nSPS) is 18.9. The van der Waals surface area contributed by atoms with Crippen LogP contribution in [0.1, 0.15) is 72.4 Å². The lowest BCUT2D eigenvalue weighted by Crippen LogP contribution is -2.25. The first-order chi connectivity index (χ1) is 16.7. The SMILES string of the molecule is CC1C/C(=C/c2ccc(OC(=O)C(C)(C)C)cc2)C(=O)/C(=C\c2ccc(OC(=O)C(C)(C)C)cc2)C1. The minimum Gasteiger partial charge on any atom is -0.426 e. The second-order valence-corrected chi connectivity index (χ2v) is 11.6. The lowest BCUT2D eigenvalue weighted by atomic mass is 9.81. The van der Waals surface area contributed by atoms with Gasteiger partial charge in [0, 0.05) is 11.1 Å². The summed E-state index contributed by atoms with van der Waals surface area (Å²) in [5, 5.41) is 0. The maximum atomic E-state index is 13.3. The average Bonchev–Trinajstić information content (AvgIpc) is 2.78. The van der Waals surface area contributed by atoms with Crippen LogP contribution in [-0.2, 0) is 14.4 Å². The van der Waals surface area contributed by atoms with Crippen LogP contribution in [0.15, 0.2) is 59.7 Å². The van der Waals surface area contributed by atoms with E-state index < -0.39 is 10.8 Å². The summed E-state index contributed by atoms with van der Waals surface area (Å²) in [5.41, 5.74) is 2.13. The van der Waals surface area contributed by atoms with Crippen LogP contribution in [0.5, 0.6) is 11.5 Å².